The third kappa shape index (κ3) is 5.46. The number of alkyl halides is 3. The number of rotatable bonds is 6. The van der Waals surface area contributed by atoms with Crippen LogP contribution in [-0.4, -0.2) is 27.2 Å². The van der Waals surface area contributed by atoms with Gasteiger partial charge in [-0.25, -0.2) is 13.1 Å². The van der Waals surface area contributed by atoms with Crippen molar-refractivity contribution in [1.82, 2.24) is 4.72 Å². The summed E-state index contributed by atoms with van der Waals surface area (Å²) in [6.45, 7) is 0.204. The zero-order valence-electron chi connectivity index (χ0n) is 13.3. The molecule has 1 aliphatic carbocycles. The number of hydrogen-bond acceptors (Lipinski definition) is 3. The van der Waals surface area contributed by atoms with Crippen LogP contribution in [0.25, 0.3) is 0 Å². The summed E-state index contributed by atoms with van der Waals surface area (Å²) < 4.78 is 64.6. The highest BCUT2D eigenvalue weighted by Crippen LogP contribution is 2.27. The normalized spacial score (nSPS) is 18.5. The molecule has 24 heavy (non-hydrogen) atoms. The van der Waals surface area contributed by atoms with Crippen LogP contribution in [0.2, 0.25) is 0 Å². The molecule has 1 fully saturated rings. The van der Waals surface area contributed by atoms with Gasteiger partial charge < -0.3 is 5.73 Å². The van der Waals surface area contributed by atoms with Gasteiger partial charge in [0.15, 0.2) is 0 Å². The average Bonchev–Trinajstić information content (AvgIpc) is 2.52. The van der Waals surface area contributed by atoms with Crippen molar-refractivity contribution in [2.45, 2.75) is 55.6 Å². The molecule has 0 amide bonds. The fraction of sp³-hybridized carbons (Fsp3) is 0.625. The number of benzene rings is 1. The van der Waals surface area contributed by atoms with E-state index in [0.29, 0.717) is 0 Å². The second-order valence-electron chi connectivity index (χ2n) is 6.30. The molecule has 0 spiro atoms. The highest BCUT2D eigenvalue weighted by molar-refractivity contribution is 7.89. The Morgan fingerprint density at radius 1 is 1.12 bits per heavy atom. The van der Waals surface area contributed by atoms with Crippen molar-refractivity contribution in [3.8, 4) is 0 Å². The molecule has 1 atom stereocenters. The molecule has 0 aliphatic heterocycles. The number of nitrogens with two attached hydrogens (primary N) is 1. The van der Waals surface area contributed by atoms with Crippen LogP contribution in [0, 0.1) is 5.92 Å². The van der Waals surface area contributed by atoms with Gasteiger partial charge in [-0.2, -0.15) is 13.2 Å². The number of hydrogen-bond donors (Lipinski definition) is 2. The van der Waals surface area contributed by atoms with Crippen LogP contribution >= 0.6 is 0 Å². The average molecular weight is 364 g/mol. The van der Waals surface area contributed by atoms with Crippen LogP contribution in [0.3, 0.4) is 0 Å². The molecule has 0 bridgehead atoms. The van der Waals surface area contributed by atoms with Gasteiger partial charge in [0, 0.05) is 12.6 Å². The summed E-state index contributed by atoms with van der Waals surface area (Å²) in [5, 5.41) is 0. The number of sulfonamides is 1. The molecule has 1 saturated carbocycles. The Hall–Kier alpha value is -1.12. The molecular formula is C16H23F3N2O2S. The van der Waals surface area contributed by atoms with E-state index in [2.05, 4.69) is 4.72 Å². The second-order valence-corrected chi connectivity index (χ2v) is 8.01. The molecule has 0 aromatic heterocycles. The standard InChI is InChI=1S/C16H23F3N2O2S/c17-16(18,19)10-12-6-8-14(9-7-12)24(22,23)21-15(11-20)13-4-2-1-3-5-13/h6-9,13,15,21H,1-5,10-11,20H2. The largest absolute Gasteiger partial charge is 0.393 e. The van der Waals surface area contributed by atoms with Crippen molar-refractivity contribution in [2.75, 3.05) is 6.54 Å². The van der Waals surface area contributed by atoms with Crippen LogP contribution in [0.1, 0.15) is 37.7 Å². The van der Waals surface area contributed by atoms with Crippen molar-refractivity contribution in [3.63, 3.8) is 0 Å². The lowest BCUT2D eigenvalue weighted by Gasteiger charge is -2.29. The lowest BCUT2D eigenvalue weighted by Crippen LogP contribution is -2.45. The third-order valence-electron chi connectivity index (χ3n) is 4.42. The molecule has 3 N–H and O–H groups in total. The quantitative estimate of drug-likeness (QED) is 0.815. The van der Waals surface area contributed by atoms with Gasteiger partial charge in [0.25, 0.3) is 0 Å². The van der Waals surface area contributed by atoms with Gasteiger partial charge in [0.1, 0.15) is 0 Å². The first kappa shape index (κ1) is 19.2. The molecule has 0 radical (unpaired) electrons. The van der Waals surface area contributed by atoms with Gasteiger partial charge in [0.2, 0.25) is 10.0 Å². The summed E-state index contributed by atoms with van der Waals surface area (Å²) in [6.07, 6.45) is -0.229. The maximum Gasteiger partial charge on any atom is 0.393 e. The summed E-state index contributed by atoms with van der Waals surface area (Å²) >= 11 is 0. The van der Waals surface area contributed by atoms with Crippen LogP contribution in [-0.2, 0) is 16.4 Å². The summed E-state index contributed by atoms with van der Waals surface area (Å²) in [7, 11) is -3.79. The van der Waals surface area contributed by atoms with Crippen molar-refractivity contribution in [2.24, 2.45) is 11.7 Å². The number of nitrogens with one attached hydrogen (secondary N) is 1. The predicted molar refractivity (Wildman–Crippen MR) is 85.9 cm³/mol. The maximum atomic E-state index is 12.5. The summed E-state index contributed by atoms with van der Waals surface area (Å²) in [4.78, 5) is -0.0392. The molecule has 1 aliphatic rings. The van der Waals surface area contributed by atoms with Gasteiger partial charge in [-0.05, 0) is 36.5 Å². The van der Waals surface area contributed by atoms with Crippen LogP contribution in [0.15, 0.2) is 29.2 Å². The van der Waals surface area contributed by atoms with Crippen LogP contribution in [0.4, 0.5) is 13.2 Å². The zero-order chi connectivity index (χ0) is 17.8. The van der Waals surface area contributed by atoms with E-state index in [1.165, 1.54) is 24.3 Å². The minimum atomic E-state index is -4.32. The SMILES string of the molecule is NCC(NS(=O)(=O)c1ccc(CC(F)(F)F)cc1)C1CCCCC1. The fourth-order valence-electron chi connectivity index (χ4n) is 3.16. The third-order valence-corrected chi connectivity index (χ3v) is 5.92. The summed E-state index contributed by atoms with van der Waals surface area (Å²) in [5.41, 5.74) is 5.76. The fourth-order valence-corrected chi connectivity index (χ4v) is 4.48. The minimum Gasteiger partial charge on any atom is -0.329 e. The van der Waals surface area contributed by atoms with E-state index < -0.39 is 22.6 Å². The monoisotopic (exact) mass is 364 g/mol. The van der Waals surface area contributed by atoms with Crippen molar-refractivity contribution in [3.05, 3.63) is 29.8 Å². The summed E-state index contributed by atoms with van der Waals surface area (Å²) in [5.74, 6) is 0.211. The number of halogens is 3. The molecule has 1 unspecified atom stereocenters. The van der Waals surface area contributed by atoms with E-state index in [-0.39, 0.29) is 29.0 Å². The van der Waals surface area contributed by atoms with Crippen LogP contribution < -0.4 is 10.5 Å². The van der Waals surface area contributed by atoms with Crippen molar-refractivity contribution in [1.29, 1.82) is 0 Å². The van der Waals surface area contributed by atoms with E-state index in [1.807, 2.05) is 0 Å². The van der Waals surface area contributed by atoms with E-state index >= 15 is 0 Å². The van der Waals surface area contributed by atoms with Gasteiger partial charge >= 0.3 is 6.18 Å². The van der Waals surface area contributed by atoms with Crippen LogP contribution in [0.5, 0.6) is 0 Å². The molecule has 2 rings (SSSR count). The van der Waals surface area contributed by atoms with Gasteiger partial charge in [0.05, 0.1) is 11.3 Å². The zero-order valence-corrected chi connectivity index (χ0v) is 14.2. The highest BCUT2D eigenvalue weighted by Gasteiger charge is 2.29. The molecule has 1 aromatic rings. The Balaban J connectivity index is 2.08. The Bertz CT molecular complexity index is 624. The lowest BCUT2D eigenvalue weighted by atomic mass is 9.84. The molecular weight excluding hydrogens is 341 g/mol. The first-order valence-electron chi connectivity index (χ1n) is 8.09. The van der Waals surface area contributed by atoms with E-state index in [4.69, 9.17) is 5.73 Å². The molecule has 8 heteroatoms. The Morgan fingerprint density at radius 2 is 1.71 bits per heavy atom. The minimum absolute atomic E-state index is 0.0316. The summed E-state index contributed by atoms with van der Waals surface area (Å²) in [6, 6.07) is 4.46. The van der Waals surface area contributed by atoms with Crippen molar-refractivity contribution < 1.29 is 21.6 Å². The Kier molecular flexibility index (Phi) is 6.28. The Morgan fingerprint density at radius 3 is 2.21 bits per heavy atom. The molecule has 4 nitrogen and oxygen atoms in total. The smallest absolute Gasteiger partial charge is 0.329 e. The maximum absolute atomic E-state index is 12.5. The molecule has 136 valence electrons. The Labute approximate surface area is 140 Å². The first-order valence-corrected chi connectivity index (χ1v) is 9.58. The molecule has 0 saturated heterocycles. The van der Waals surface area contributed by atoms with E-state index in [0.717, 1.165) is 32.1 Å². The molecule has 0 heterocycles. The van der Waals surface area contributed by atoms with Gasteiger partial charge in [-0.3, -0.25) is 0 Å². The predicted octanol–water partition coefficient (Wildman–Crippen LogP) is 2.98. The molecule has 1 aromatic carbocycles. The highest BCUT2D eigenvalue weighted by atomic mass is 32.2. The second kappa shape index (κ2) is 7.84. The van der Waals surface area contributed by atoms with Gasteiger partial charge in [-0.1, -0.05) is 31.4 Å². The lowest BCUT2D eigenvalue weighted by molar-refractivity contribution is -0.127. The first-order chi connectivity index (χ1) is 11.2. The van der Waals surface area contributed by atoms with E-state index in [9.17, 15) is 21.6 Å². The van der Waals surface area contributed by atoms with Gasteiger partial charge in [-0.15, -0.1) is 0 Å². The van der Waals surface area contributed by atoms with E-state index in [1.54, 1.807) is 0 Å². The topological polar surface area (TPSA) is 72.2 Å². The van der Waals surface area contributed by atoms with Crippen molar-refractivity contribution >= 4 is 10.0 Å².